The maximum atomic E-state index is 3.73. The van der Waals surface area contributed by atoms with Crippen molar-refractivity contribution >= 4 is 0 Å². The van der Waals surface area contributed by atoms with E-state index in [0.717, 1.165) is 17.6 Å². The highest BCUT2D eigenvalue weighted by atomic mass is 13.9. The Morgan fingerprint density at radius 3 is 2.12 bits per heavy atom. The lowest BCUT2D eigenvalue weighted by Gasteiger charge is -1.94. The van der Waals surface area contributed by atoms with Crippen LogP contribution in [0, 0.1) is 0 Å². The van der Waals surface area contributed by atoms with Crippen LogP contribution >= 0.6 is 0 Å². The van der Waals surface area contributed by atoms with Gasteiger partial charge in [-0.2, -0.15) is 0 Å². The SMILES string of the molecule is C=CC(=C)CC(=C)C. The Morgan fingerprint density at radius 2 is 2.00 bits per heavy atom. The van der Waals surface area contributed by atoms with E-state index in [1.54, 1.807) is 6.08 Å². The molecule has 0 unspecified atom stereocenters. The number of hydrogen-bond acceptors (Lipinski definition) is 0. The molecule has 0 spiro atoms. The van der Waals surface area contributed by atoms with Crippen LogP contribution in [-0.4, -0.2) is 0 Å². The van der Waals surface area contributed by atoms with Gasteiger partial charge < -0.3 is 0 Å². The lowest BCUT2D eigenvalue weighted by atomic mass is 10.1. The van der Waals surface area contributed by atoms with E-state index in [-0.39, 0.29) is 0 Å². The van der Waals surface area contributed by atoms with Crippen LogP contribution in [-0.2, 0) is 0 Å². The molecule has 0 amide bonds. The Kier molecular flexibility index (Phi) is 2.93. The van der Waals surface area contributed by atoms with Crippen LogP contribution in [0.2, 0.25) is 0 Å². The van der Waals surface area contributed by atoms with Gasteiger partial charge in [-0.3, -0.25) is 0 Å². The van der Waals surface area contributed by atoms with E-state index in [9.17, 15) is 0 Å². The first kappa shape index (κ1) is 7.22. The summed E-state index contributed by atoms with van der Waals surface area (Å²) in [5.74, 6) is 0. The Hall–Kier alpha value is -0.780. The molecular weight excluding hydrogens is 96.1 g/mol. The standard InChI is InChI=1S/C8H12/c1-5-8(4)6-7(2)3/h5H,1-2,4,6H2,3H3. The summed E-state index contributed by atoms with van der Waals surface area (Å²) in [6, 6.07) is 0. The predicted octanol–water partition coefficient (Wildman–Crippen LogP) is 2.69. The summed E-state index contributed by atoms with van der Waals surface area (Å²) in [7, 11) is 0. The smallest absolute Gasteiger partial charge is 0.00787 e. The predicted molar refractivity (Wildman–Crippen MR) is 38.8 cm³/mol. The van der Waals surface area contributed by atoms with E-state index in [2.05, 4.69) is 19.7 Å². The van der Waals surface area contributed by atoms with Crippen molar-refractivity contribution < 1.29 is 0 Å². The van der Waals surface area contributed by atoms with Gasteiger partial charge in [-0.15, -0.1) is 0 Å². The summed E-state index contributed by atoms with van der Waals surface area (Å²) in [5.41, 5.74) is 2.17. The van der Waals surface area contributed by atoms with Gasteiger partial charge in [-0.05, 0) is 13.3 Å². The minimum Gasteiger partial charge on any atom is -0.0998 e. The first-order chi connectivity index (χ1) is 3.66. The van der Waals surface area contributed by atoms with Crippen LogP contribution in [0.25, 0.3) is 0 Å². The van der Waals surface area contributed by atoms with Crippen LogP contribution in [0.4, 0.5) is 0 Å². The van der Waals surface area contributed by atoms with Crippen molar-refractivity contribution in [1.29, 1.82) is 0 Å². The molecule has 0 aliphatic heterocycles. The zero-order chi connectivity index (χ0) is 6.57. The zero-order valence-electron chi connectivity index (χ0n) is 5.41. The summed E-state index contributed by atoms with van der Waals surface area (Å²) < 4.78 is 0. The van der Waals surface area contributed by atoms with Crippen molar-refractivity contribution in [2.45, 2.75) is 13.3 Å². The minimum atomic E-state index is 0.878. The van der Waals surface area contributed by atoms with Gasteiger partial charge in [0.15, 0.2) is 0 Å². The quantitative estimate of drug-likeness (QED) is 0.385. The Labute approximate surface area is 51.2 Å². The summed E-state index contributed by atoms with van der Waals surface area (Å²) in [5, 5.41) is 0. The third-order valence-electron chi connectivity index (χ3n) is 0.818. The summed E-state index contributed by atoms with van der Waals surface area (Å²) >= 11 is 0. The van der Waals surface area contributed by atoms with Crippen LogP contribution in [0.3, 0.4) is 0 Å². The molecule has 0 aliphatic carbocycles. The molecule has 0 nitrogen and oxygen atoms in total. The van der Waals surface area contributed by atoms with Gasteiger partial charge in [0.25, 0.3) is 0 Å². The monoisotopic (exact) mass is 108 g/mol. The van der Waals surface area contributed by atoms with Crippen molar-refractivity contribution in [2.75, 3.05) is 0 Å². The van der Waals surface area contributed by atoms with Crippen LogP contribution in [0.1, 0.15) is 13.3 Å². The third-order valence-corrected chi connectivity index (χ3v) is 0.818. The highest BCUT2D eigenvalue weighted by molar-refractivity contribution is 5.17. The lowest BCUT2D eigenvalue weighted by molar-refractivity contribution is 1.17. The van der Waals surface area contributed by atoms with E-state index >= 15 is 0 Å². The maximum Gasteiger partial charge on any atom is -0.00787 e. The van der Waals surface area contributed by atoms with E-state index in [1.165, 1.54) is 0 Å². The molecule has 0 atom stereocenters. The van der Waals surface area contributed by atoms with Gasteiger partial charge in [-0.1, -0.05) is 37.0 Å². The third kappa shape index (κ3) is 3.41. The first-order valence-corrected chi connectivity index (χ1v) is 2.61. The van der Waals surface area contributed by atoms with E-state index in [4.69, 9.17) is 0 Å². The molecule has 44 valence electrons. The lowest BCUT2D eigenvalue weighted by Crippen LogP contribution is -1.74. The molecule has 0 aromatic rings. The van der Waals surface area contributed by atoms with Crippen molar-refractivity contribution in [1.82, 2.24) is 0 Å². The fourth-order valence-electron chi connectivity index (χ4n) is 0.460. The second kappa shape index (κ2) is 3.25. The Morgan fingerprint density at radius 1 is 1.50 bits per heavy atom. The average Bonchev–Trinajstić information content (AvgIpc) is 1.65. The molecule has 0 heterocycles. The van der Waals surface area contributed by atoms with Gasteiger partial charge in [0.2, 0.25) is 0 Å². The molecule has 0 aromatic carbocycles. The molecule has 0 saturated heterocycles. The van der Waals surface area contributed by atoms with E-state index in [0.29, 0.717) is 0 Å². The number of allylic oxidation sites excluding steroid dienone is 3. The fourth-order valence-corrected chi connectivity index (χ4v) is 0.460. The van der Waals surface area contributed by atoms with Gasteiger partial charge in [0.1, 0.15) is 0 Å². The highest BCUT2D eigenvalue weighted by Gasteiger charge is 1.85. The van der Waals surface area contributed by atoms with Crippen molar-refractivity contribution in [3.63, 3.8) is 0 Å². The normalized spacial score (nSPS) is 8.12. The Balaban J connectivity index is 3.55. The summed E-state index contributed by atoms with van der Waals surface area (Å²) in [4.78, 5) is 0. The number of rotatable bonds is 3. The molecule has 0 radical (unpaired) electrons. The molecule has 0 saturated carbocycles. The molecule has 8 heavy (non-hydrogen) atoms. The van der Waals surface area contributed by atoms with E-state index in [1.807, 2.05) is 6.92 Å². The van der Waals surface area contributed by atoms with E-state index < -0.39 is 0 Å². The van der Waals surface area contributed by atoms with Crippen LogP contribution in [0.5, 0.6) is 0 Å². The molecule has 0 aromatic heterocycles. The first-order valence-electron chi connectivity index (χ1n) is 2.61. The van der Waals surface area contributed by atoms with Gasteiger partial charge >= 0.3 is 0 Å². The van der Waals surface area contributed by atoms with Gasteiger partial charge in [-0.25, -0.2) is 0 Å². The van der Waals surface area contributed by atoms with Crippen molar-refractivity contribution in [3.8, 4) is 0 Å². The Bertz CT molecular complexity index is 118. The van der Waals surface area contributed by atoms with Crippen molar-refractivity contribution in [3.05, 3.63) is 37.0 Å². The molecule has 0 rings (SSSR count). The largest absolute Gasteiger partial charge is 0.0998 e. The number of hydrogen-bond donors (Lipinski definition) is 0. The molecule has 0 bridgehead atoms. The van der Waals surface area contributed by atoms with Gasteiger partial charge in [0, 0.05) is 0 Å². The highest BCUT2D eigenvalue weighted by Crippen LogP contribution is 2.05. The topological polar surface area (TPSA) is 0 Å². The van der Waals surface area contributed by atoms with Crippen molar-refractivity contribution in [2.24, 2.45) is 0 Å². The molecule has 0 heteroatoms. The molecular formula is C8H12. The second-order valence-corrected chi connectivity index (χ2v) is 2.00. The second-order valence-electron chi connectivity index (χ2n) is 2.00. The minimum absolute atomic E-state index is 0.878. The molecule has 0 fully saturated rings. The summed E-state index contributed by atoms with van der Waals surface area (Å²) in [6.07, 6.45) is 2.64. The van der Waals surface area contributed by atoms with Crippen LogP contribution < -0.4 is 0 Å². The molecule has 0 N–H and O–H groups in total. The molecule has 0 aliphatic rings. The zero-order valence-corrected chi connectivity index (χ0v) is 5.41. The average molecular weight is 108 g/mol. The van der Waals surface area contributed by atoms with Gasteiger partial charge in [0.05, 0.1) is 0 Å². The summed E-state index contributed by atoms with van der Waals surface area (Å²) in [6.45, 7) is 13.0. The van der Waals surface area contributed by atoms with Crippen LogP contribution in [0.15, 0.2) is 37.0 Å². The maximum absolute atomic E-state index is 3.73. The fraction of sp³-hybridized carbons (Fsp3) is 0.250.